The molecule has 1 N–H and O–H groups in total. The number of halogens is 3. The molecule has 5 rings (SSSR count). The molecule has 4 heterocycles. The minimum Gasteiger partial charge on any atom is -0.353 e. The summed E-state index contributed by atoms with van der Waals surface area (Å²) in [4.78, 5) is 36.0. The van der Waals surface area contributed by atoms with Crippen LogP contribution in [0.15, 0.2) is 23.1 Å². The maximum absolute atomic E-state index is 13.6. The zero-order valence-corrected chi connectivity index (χ0v) is 23.0. The van der Waals surface area contributed by atoms with Gasteiger partial charge in [0.1, 0.15) is 17.5 Å². The van der Waals surface area contributed by atoms with Gasteiger partial charge in [0.05, 0.1) is 23.2 Å². The molecule has 1 amide bonds. The maximum atomic E-state index is 13.6. The van der Waals surface area contributed by atoms with E-state index in [1.165, 1.54) is 0 Å². The van der Waals surface area contributed by atoms with Crippen LogP contribution < -0.4 is 10.5 Å². The molecule has 0 saturated carbocycles. The minimum atomic E-state index is -4.74. The lowest BCUT2D eigenvalue weighted by atomic mass is 9.94. The maximum Gasteiger partial charge on any atom is 0.422 e. The lowest BCUT2D eigenvalue weighted by Gasteiger charge is -2.39. The molecule has 216 valence electrons. The molecule has 0 radical (unpaired) electrons. The molecular formula is C28H36F3N7O2. The normalized spacial score (nSPS) is 21.9. The van der Waals surface area contributed by atoms with Crippen molar-refractivity contribution in [2.45, 2.75) is 64.6 Å². The van der Waals surface area contributed by atoms with Crippen molar-refractivity contribution in [2.75, 3.05) is 44.2 Å². The fourth-order valence-electron chi connectivity index (χ4n) is 5.99. The topological polar surface area (TPSA) is 109 Å². The summed E-state index contributed by atoms with van der Waals surface area (Å²) in [6.45, 7) is 7.52. The fraction of sp³-hybridized carbons (Fsp3) is 0.607. The summed E-state index contributed by atoms with van der Waals surface area (Å²) >= 11 is 0. The number of aromatic nitrogens is 3. The number of hydrogen-bond donors (Lipinski definition) is 1. The number of aromatic amines is 1. The Morgan fingerprint density at radius 2 is 1.82 bits per heavy atom. The molecule has 2 unspecified atom stereocenters. The first-order valence-electron chi connectivity index (χ1n) is 14.1. The van der Waals surface area contributed by atoms with Gasteiger partial charge in [-0.25, -0.2) is 10.1 Å². The van der Waals surface area contributed by atoms with Crippen molar-refractivity contribution < 1.29 is 18.0 Å². The molecule has 3 aliphatic rings. The summed E-state index contributed by atoms with van der Waals surface area (Å²) in [7, 11) is 0. The first-order valence-corrected chi connectivity index (χ1v) is 14.1. The zero-order valence-electron chi connectivity index (χ0n) is 23.0. The Labute approximate surface area is 232 Å². The number of pyridine rings is 1. The molecule has 2 aromatic heterocycles. The Balaban J connectivity index is 0.00000181. The van der Waals surface area contributed by atoms with Crippen molar-refractivity contribution >= 4 is 11.7 Å². The van der Waals surface area contributed by atoms with Gasteiger partial charge in [0.15, 0.2) is 0 Å². The zero-order chi connectivity index (χ0) is 28.9. The van der Waals surface area contributed by atoms with Crippen LogP contribution in [0.5, 0.6) is 0 Å². The third-order valence-electron chi connectivity index (χ3n) is 7.92. The number of hydrogen-bond acceptors (Lipinski definition) is 7. The quantitative estimate of drug-likeness (QED) is 0.607. The van der Waals surface area contributed by atoms with E-state index in [1.54, 1.807) is 12.3 Å². The van der Waals surface area contributed by atoms with Crippen molar-refractivity contribution in [3.8, 4) is 6.07 Å². The molecular weight excluding hydrogens is 523 g/mol. The highest BCUT2D eigenvalue weighted by Crippen LogP contribution is 2.40. The number of alkyl halides is 3. The molecule has 12 heteroatoms. The number of anilines is 1. The molecule has 2 atom stereocenters. The molecule has 2 aromatic rings. The molecule has 2 saturated heterocycles. The van der Waals surface area contributed by atoms with Crippen LogP contribution in [0.25, 0.3) is 0 Å². The van der Waals surface area contributed by atoms with Gasteiger partial charge in [0, 0.05) is 38.9 Å². The third-order valence-corrected chi connectivity index (χ3v) is 7.92. The Bertz CT molecular complexity index is 1260. The molecule has 2 aliphatic heterocycles. The van der Waals surface area contributed by atoms with Gasteiger partial charge in [-0.15, -0.1) is 0 Å². The molecule has 0 aromatic carbocycles. The monoisotopic (exact) mass is 559 g/mol. The van der Waals surface area contributed by atoms with E-state index in [2.05, 4.69) is 31.1 Å². The summed E-state index contributed by atoms with van der Waals surface area (Å²) in [5.41, 5.74) is -1.57. The van der Waals surface area contributed by atoms with Crippen LogP contribution in [0.4, 0.5) is 19.0 Å². The highest BCUT2D eigenvalue weighted by Gasteiger charge is 2.43. The second kappa shape index (κ2) is 12.8. The number of H-pyrrole nitrogens is 1. The summed E-state index contributed by atoms with van der Waals surface area (Å²) < 4.78 is 40.8. The first-order chi connectivity index (χ1) is 19.3. The molecule has 40 heavy (non-hydrogen) atoms. The van der Waals surface area contributed by atoms with E-state index in [0.717, 1.165) is 31.5 Å². The first kappa shape index (κ1) is 29.5. The number of likely N-dealkylation sites (tertiary alicyclic amines) is 1. The smallest absolute Gasteiger partial charge is 0.353 e. The second-order valence-electron chi connectivity index (χ2n) is 10.2. The van der Waals surface area contributed by atoms with E-state index in [1.807, 2.05) is 24.8 Å². The largest absolute Gasteiger partial charge is 0.422 e. The Hall–Kier alpha value is -3.46. The number of fused-ring (bicyclic) bond motifs is 1. The fourth-order valence-corrected chi connectivity index (χ4v) is 5.99. The van der Waals surface area contributed by atoms with Crippen molar-refractivity contribution in [3.63, 3.8) is 0 Å². The predicted octanol–water partition coefficient (Wildman–Crippen LogP) is 3.91. The van der Waals surface area contributed by atoms with Crippen LogP contribution in [-0.4, -0.2) is 70.2 Å². The van der Waals surface area contributed by atoms with Crippen LogP contribution in [0.1, 0.15) is 74.4 Å². The lowest BCUT2D eigenvalue weighted by Crippen LogP contribution is -2.52. The number of carbonyl (C=O) groups excluding carboxylic acids is 1. The van der Waals surface area contributed by atoms with Gasteiger partial charge in [-0.2, -0.15) is 23.5 Å². The van der Waals surface area contributed by atoms with E-state index in [9.17, 15) is 22.8 Å². The molecule has 2 fully saturated rings. The van der Waals surface area contributed by atoms with E-state index >= 15 is 0 Å². The molecule has 0 spiro atoms. The van der Waals surface area contributed by atoms with Gasteiger partial charge >= 0.3 is 6.18 Å². The molecule has 9 nitrogen and oxygen atoms in total. The summed E-state index contributed by atoms with van der Waals surface area (Å²) in [6.07, 6.45) is 0.915. The van der Waals surface area contributed by atoms with Crippen LogP contribution in [0.2, 0.25) is 0 Å². The Morgan fingerprint density at radius 1 is 1.07 bits per heavy atom. The van der Waals surface area contributed by atoms with E-state index in [-0.39, 0.29) is 35.5 Å². The molecule has 1 aliphatic carbocycles. The Kier molecular flexibility index (Phi) is 9.45. The predicted molar refractivity (Wildman–Crippen MR) is 144 cm³/mol. The summed E-state index contributed by atoms with van der Waals surface area (Å²) in [5, 5.41) is 15.1. The van der Waals surface area contributed by atoms with Crippen LogP contribution >= 0.6 is 0 Å². The number of nitrogens with zero attached hydrogens (tertiary/aromatic N) is 6. The SMILES string of the molecule is CC.N#Cc1ccc(N2CCN(C(=O)C3CCCCCN(C4CCc5c4n[nH]c(=O)c5C(F)(F)F)C3)CC2)nc1. The number of nitrogens with one attached hydrogen (secondary N) is 1. The average molecular weight is 560 g/mol. The van der Waals surface area contributed by atoms with Crippen LogP contribution in [0, 0.1) is 17.2 Å². The highest BCUT2D eigenvalue weighted by molar-refractivity contribution is 5.79. The van der Waals surface area contributed by atoms with Gasteiger partial charge in [-0.3, -0.25) is 14.5 Å². The van der Waals surface area contributed by atoms with Gasteiger partial charge in [-0.05, 0) is 49.9 Å². The summed E-state index contributed by atoms with van der Waals surface area (Å²) in [5.74, 6) is 0.605. The molecule has 0 bridgehead atoms. The van der Waals surface area contributed by atoms with Gasteiger partial charge in [-0.1, -0.05) is 26.7 Å². The van der Waals surface area contributed by atoms with Gasteiger partial charge < -0.3 is 9.80 Å². The number of carbonyl (C=O) groups is 1. The van der Waals surface area contributed by atoms with Crippen LogP contribution in [0.3, 0.4) is 0 Å². The number of piperazine rings is 1. The van der Waals surface area contributed by atoms with Gasteiger partial charge in [0.2, 0.25) is 5.91 Å². The van der Waals surface area contributed by atoms with Crippen molar-refractivity contribution in [2.24, 2.45) is 5.92 Å². The van der Waals surface area contributed by atoms with Crippen molar-refractivity contribution in [3.05, 3.63) is 51.1 Å². The Morgan fingerprint density at radius 3 is 2.48 bits per heavy atom. The van der Waals surface area contributed by atoms with E-state index in [4.69, 9.17) is 5.26 Å². The van der Waals surface area contributed by atoms with E-state index in [0.29, 0.717) is 51.3 Å². The van der Waals surface area contributed by atoms with Crippen LogP contribution in [-0.2, 0) is 17.4 Å². The third kappa shape index (κ3) is 6.30. The number of amides is 1. The van der Waals surface area contributed by atoms with Crippen molar-refractivity contribution in [1.82, 2.24) is 25.0 Å². The lowest BCUT2D eigenvalue weighted by molar-refractivity contribution is -0.139. The highest BCUT2D eigenvalue weighted by atomic mass is 19.4. The van der Waals surface area contributed by atoms with E-state index < -0.39 is 17.3 Å². The van der Waals surface area contributed by atoms with Gasteiger partial charge in [0.25, 0.3) is 5.56 Å². The average Bonchev–Trinajstić information content (AvgIpc) is 3.37. The number of rotatable bonds is 3. The van der Waals surface area contributed by atoms with Crippen molar-refractivity contribution in [1.29, 1.82) is 5.26 Å². The summed E-state index contributed by atoms with van der Waals surface area (Å²) in [6, 6.07) is 5.25. The minimum absolute atomic E-state index is 0.0104. The second-order valence-corrected chi connectivity index (χ2v) is 10.2. The standard InChI is InChI=1S/C26H30F3N7O2.C2H6/c27-26(28,29)22-19-6-7-20(23(19)32-33-24(22)37)36-9-3-1-2-4-18(16-36)25(38)35-12-10-34(11-13-35)21-8-5-17(14-30)15-31-21;1-2/h5,8,15,18,20H,1-4,6-7,9-13,16H2,(H,33,37);1-2H3. The number of nitriles is 1.